The molecular weight excluding hydrogens is 1000 g/mol. The fourth-order valence-electron chi connectivity index (χ4n) is 13.9. The average Bonchev–Trinajstić information content (AvgIpc) is 3.22. The Labute approximate surface area is 468 Å². The van der Waals surface area contributed by atoms with E-state index < -0.39 is 30.3 Å². The van der Waals surface area contributed by atoms with Gasteiger partial charge in [0, 0.05) is 30.5 Å². The van der Waals surface area contributed by atoms with Crippen LogP contribution in [0, 0.1) is 11.8 Å². The molecule has 8 atom stereocenters. The fraction of sp³-hybridized carbons (Fsp3) is 0.431. The van der Waals surface area contributed by atoms with Crippen LogP contribution < -0.4 is 15.4 Å². The van der Waals surface area contributed by atoms with Gasteiger partial charge in [-0.3, -0.25) is 14.4 Å². The van der Waals surface area contributed by atoms with Crippen molar-refractivity contribution in [1.82, 2.24) is 40.4 Å². The maximum atomic E-state index is 14.4. The minimum Gasteiger partial charge on any atom is -0.415 e. The lowest BCUT2D eigenvalue weighted by Crippen LogP contribution is -2.52. The van der Waals surface area contributed by atoms with Gasteiger partial charge in [-0.25, -0.2) is 19.6 Å². The first kappa shape index (κ1) is 54.2. The Hall–Kier alpha value is -7.81. The Morgan fingerprint density at radius 1 is 0.787 bits per heavy atom. The second-order valence-corrected chi connectivity index (χ2v) is 23.2. The highest BCUT2D eigenvalue weighted by molar-refractivity contribution is 6.04. The van der Waals surface area contributed by atoms with Gasteiger partial charge in [0.1, 0.15) is 41.0 Å². The number of ether oxygens (including phenoxy) is 2. The van der Waals surface area contributed by atoms with Crippen molar-refractivity contribution in [3.63, 3.8) is 0 Å². The van der Waals surface area contributed by atoms with Crippen molar-refractivity contribution >= 4 is 40.8 Å². The number of hydrogen-bond donors (Lipinski definition) is 4. The van der Waals surface area contributed by atoms with Crippen molar-refractivity contribution in [3.05, 3.63) is 137 Å². The minimum atomic E-state index is -0.820. The summed E-state index contributed by atoms with van der Waals surface area (Å²) in [7, 11) is 0. The summed E-state index contributed by atoms with van der Waals surface area (Å²) in [6.07, 6.45) is 13.0. The number of rotatable bonds is 17. The quantitative estimate of drug-likeness (QED) is 0.0508. The summed E-state index contributed by atoms with van der Waals surface area (Å²) >= 11 is 0. The third-order valence-electron chi connectivity index (χ3n) is 17.6. The molecule has 15 nitrogen and oxygen atoms in total. The number of carbonyl (C=O) groups is 5. The van der Waals surface area contributed by atoms with Crippen LogP contribution >= 0.6 is 0 Å². The molecule has 2 saturated carbocycles. The molecule has 5 aliphatic rings. The van der Waals surface area contributed by atoms with E-state index in [4.69, 9.17) is 19.4 Å². The molecule has 8 unspecified atom stereocenters. The second kappa shape index (κ2) is 22.4. The van der Waals surface area contributed by atoms with Gasteiger partial charge < -0.3 is 39.9 Å². The van der Waals surface area contributed by atoms with E-state index in [-0.39, 0.29) is 41.5 Å². The first-order valence-corrected chi connectivity index (χ1v) is 29.0. The molecule has 4 amide bonds. The average molecular weight is 1080 g/mol. The largest absolute Gasteiger partial charge is 0.415 e. The van der Waals surface area contributed by atoms with E-state index in [0.717, 1.165) is 95.3 Å². The summed E-state index contributed by atoms with van der Waals surface area (Å²) < 4.78 is 11.0. The predicted octanol–water partition coefficient (Wildman–Crippen LogP) is 13.2. The molecule has 80 heavy (non-hydrogen) atoms. The Morgan fingerprint density at radius 2 is 1.45 bits per heavy atom. The van der Waals surface area contributed by atoms with Gasteiger partial charge in [0.15, 0.2) is 0 Å². The number of amides is 4. The van der Waals surface area contributed by atoms with Crippen molar-refractivity contribution < 1.29 is 33.4 Å². The number of alkyl carbamates (subject to hydrolysis) is 1. The van der Waals surface area contributed by atoms with E-state index in [1.54, 1.807) is 48.2 Å². The molecule has 4 aliphatic carbocycles. The highest BCUT2D eigenvalue weighted by atomic mass is 16.6. The van der Waals surface area contributed by atoms with E-state index >= 15 is 0 Å². The summed E-state index contributed by atoms with van der Waals surface area (Å²) in [5.74, 6) is 2.27. The van der Waals surface area contributed by atoms with Crippen LogP contribution in [0.3, 0.4) is 0 Å². The molecule has 4 bridgehead atoms. The zero-order chi connectivity index (χ0) is 56.1. The zero-order valence-corrected chi connectivity index (χ0v) is 47.2. The highest BCUT2D eigenvalue weighted by Gasteiger charge is 2.49. The minimum absolute atomic E-state index is 0.155. The smallest absolute Gasteiger partial charge is 0.413 e. The van der Waals surface area contributed by atoms with Crippen LogP contribution in [0.2, 0.25) is 0 Å². The molecule has 4 N–H and O–H groups in total. The summed E-state index contributed by atoms with van der Waals surface area (Å²) in [5, 5.41) is 5.68. The van der Waals surface area contributed by atoms with Gasteiger partial charge in [0.2, 0.25) is 11.8 Å². The number of hydrogen-bond acceptors (Lipinski definition) is 9. The molecule has 2 aromatic heterocycles. The van der Waals surface area contributed by atoms with E-state index in [2.05, 4.69) is 63.1 Å². The van der Waals surface area contributed by atoms with E-state index in [0.29, 0.717) is 54.5 Å². The molecule has 6 aromatic rings. The number of nitrogens with zero attached hydrogens (tertiary/aromatic N) is 4. The van der Waals surface area contributed by atoms with Gasteiger partial charge in [-0.2, -0.15) is 0 Å². The van der Waals surface area contributed by atoms with Crippen LogP contribution in [0.4, 0.5) is 9.59 Å². The number of nitrogens with one attached hydrogen (secondary N) is 4. The van der Waals surface area contributed by atoms with Gasteiger partial charge in [-0.05, 0) is 171 Å². The first-order valence-electron chi connectivity index (χ1n) is 29.0. The lowest BCUT2D eigenvalue weighted by atomic mass is 9.77. The number of likely N-dealkylation sites (N-methyl/N-ethyl adjacent to an activating group) is 1. The molecule has 11 rings (SSSR count). The van der Waals surface area contributed by atoms with Gasteiger partial charge in [-0.1, -0.05) is 95.3 Å². The van der Waals surface area contributed by atoms with Crippen molar-refractivity contribution in [2.24, 2.45) is 11.8 Å². The normalized spacial score (nSPS) is 21.1. The van der Waals surface area contributed by atoms with Crippen molar-refractivity contribution in [3.8, 4) is 39.3 Å². The molecule has 4 aromatic carbocycles. The Balaban J connectivity index is 0.870. The summed E-state index contributed by atoms with van der Waals surface area (Å²) in [6, 6.07) is 22.1. The number of carbonyl (C=O) groups excluding carboxylic acids is 5. The molecule has 1 aliphatic heterocycles. The third kappa shape index (κ3) is 9.90. The number of Topliss-reactive ketones (excluding diaryl/α,β-unsaturated/α-hetero) is 1. The van der Waals surface area contributed by atoms with Crippen molar-refractivity contribution in [2.45, 2.75) is 155 Å². The molecular formula is C65H74N8O7. The number of benzene rings is 4. The number of H-pyrrole nitrogens is 2. The van der Waals surface area contributed by atoms with E-state index in [9.17, 15) is 24.0 Å². The fourth-order valence-corrected chi connectivity index (χ4v) is 13.9. The number of ketones is 1. The van der Waals surface area contributed by atoms with Crippen LogP contribution in [0.25, 0.3) is 44.5 Å². The van der Waals surface area contributed by atoms with E-state index in [1.165, 1.54) is 22.3 Å². The molecule has 15 heteroatoms. The topological polar surface area (TPSA) is 192 Å². The number of likely N-dealkylation sites (tertiary alicyclic amines) is 1. The number of aromatic amines is 2. The maximum absolute atomic E-state index is 14.4. The molecule has 0 spiro atoms. The number of fused-ring (bicyclic) bond motifs is 11. The summed E-state index contributed by atoms with van der Waals surface area (Å²) in [4.78, 5) is 89.8. The SMILES string of the molecule is CC=CC=C(C)OC(=O)NC(C(=O)N(CC)C(CC)c1ncc(-c2ccc(-c3ccc(-c4ccc5nc(C6CCCN6C(=O)C(NC(=O)Oc6ccccc6)C(C)C)[nH]c5c4)c4c3C3CCC4C3)c3c2C2CCC3C2=O)[nH]1)C(C)C. The van der Waals surface area contributed by atoms with Crippen LogP contribution in [0.5, 0.6) is 5.75 Å². The Kier molecular flexibility index (Phi) is 15.2. The third-order valence-corrected chi connectivity index (χ3v) is 17.6. The lowest BCUT2D eigenvalue weighted by molar-refractivity contribution is -0.137. The van der Waals surface area contributed by atoms with Gasteiger partial charge in [0.25, 0.3) is 0 Å². The predicted molar refractivity (Wildman–Crippen MR) is 309 cm³/mol. The zero-order valence-electron chi connectivity index (χ0n) is 47.2. The Morgan fingerprint density at radius 3 is 2.14 bits per heavy atom. The maximum Gasteiger partial charge on any atom is 0.413 e. The molecule has 3 fully saturated rings. The van der Waals surface area contributed by atoms with Gasteiger partial charge in [-0.15, -0.1) is 0 Å². The number of imidazole rings is 2. The highest BCUT2D eigenvalue weighted by Crippen LogP contribution is 2.61. The lowest BCUT2D eigenvalue weighted by Gasteiger charge is -2.33. The number of aromatic nitrogens is 4. The number of para-hydroxylation sites is 1. The number of allylic oxidation sites excluding steroid dienone is 4. The summed E-state index contributed by atoms with van der Waals surface area (Å²) in [6.45, 7) is 16.2. The van der Waals surface area contributed by atoms with Crippen LogP contribution in [0.15, 0.2) is 103 Å². The van der Waals surface area contributed by atoms with Gasteiger partial charge >= 0.3 is 12.2 Å². The molecule has 0 radical (unpaired) electrons. The Bertz CT molecular complexity index is 3450. The molecule has 1 saturated heterocycles. The first-order chi connectivity index (χ1) is 38.7. The van der Waals surface area contributed by atoms with Crippen molar-refractivity contribution in [1.29, 1.82) is 0 Å². The molecule has 416 valence electrons. The van der Waals surface area contributed by atoms with Crippen molar-refractivity contribution in [2.75, 3.05) is 13.1 Å². The second-order valence-electron chi connectivity index (χ2n) is 23.2. The molecule has 3 heterocycles. The van der Waals surface area contributed by atoms with Gasteiger partial charge in [0.05, 0.1) is 35.0 Å². The standard InChI is InChI=1S/C65H74N8O7/c1-9-12-17-37(8)79-64(77)70-57(35(4)5)62(75)72(11-3)51(10-2)60-66-34-50(69-60)45-27-26-44(55-46-28-29-47(56(45)55)59(46)74)43-25-24-42(53-39-21-22-40(32-39)54(43)53)38-23-30-48-49(33-38)68-61(67-48)52-20-16-31-73(52)63(76)58(36(6)7)71-65(78)80-41-18-14-13-15-19-41/h9,12-15,17-19,23-27,30,33-36,39-40,46-47,51-52,57-58H,10-11,16,20-22,28-29,31-32H2,1-8H3,(H,66,69)(H,67,68)(H,70,77)(H,71,78). The van der Waals surface area contributed by atoms with E-state index in [1.807, 2.05) is 71.7 Å². The van der Waals surface area contributed by atoms with Crippen LogP contribution in [-0.4, -0.2) is 84.7 Å². The monoisotopic (exact) mass is 1080 g/mol. The van der Waals surface area contributed by atoms with Crippen LogP contribution in [-0.2, 0) is 19.1 Å². The summed E-state index contributed by atoms with van der Waals surface area (Å²) in [5.41, 5.74) is 13.3. The van der Waals surface area contributed by atoms with Crippen LogP contribution in [0.1, 0.15) is 176 Å².